The number of benzene rings is 3. The zero-order chi connectivity index (χ0) is 16.9. The van der Waals surface area contributed by atoms with E-state index < -0.39 is 0 Å². The van der Waals surface area contributed by atoms with Crippen LogP contribution in [0, 0.1) is 0 Å². The Hall–Kier alpha value is -2.54. The molecule has 1 heteroatoms. The zero-order valence-corrected chi connectivity index (χ0v) is 14.4. The normalized spacial score (nSPS) is 11.0. The van der Waals surface area contributed by atoms with Crippen LogP contribution in [0.1, 0.15) is 36.5 Å². The molecule has 0 amide bonds. The van der Waals surface area contributed by atoms with E-state index in [2.05, 4.69) is 62.4 Å². The largest absolute Gasteiger partial charge is 0.507 e. The molecule has 0 saturated carbocycles. The molecule has 3 aromatic rings. The lowest BCUT2D eigenvalue weighted by Crippen LogP contribution is -2.02. The topological polar surface area (TPSA) is 20.2 Å². The molecule has 0 heterocycles. The molecule has 1 nitrogen and oxygen atoms in total. The van der Waals surface area contributed by atoms with E-state index in [9.17, 15) is 5.11 Å². The van der Waals surface area contributed by atoms with Gasteiger partial charge in [-0.25, -0.2) is 0 Å². The lowest BCUT2D eigenvalue weighted by molar-refractivity contribution is 0.476. The molecule has 0 aliphatic carbocycles. The van der Waals surface area contributed by atoms with Crippen molar-refractivity contribution in [3.05, 3.63) is 89.5 Å². The van der Waals surface area contributed by atoms with Crippen molar-refractivity contribution >= 4 is 0 Å². The van der Waals surface area contributed by atoms with Crippen LogP contribution in [0.4, 0.5) is 0 Å². The second kappa shape index (κ2) is 7.35. The average molecular weight is 316 g/mol. The van der Waals surface area contributed by atoms with Crippen molar-refractivity contribution in [1.82, 2.24) is 0 Å². The van der Waals surface area contributed by atoms with E-state index in [4.69, 9.17) is 0 Å². The van der Waals surface area contributed by atoms with Crippen molar-refractivity contribution in [3.8, 4) is 16.9 Å². The maximum atomic E-state index is 10.5. The Morgan fingerprint density at radius 3 is 2.00 bits per heavy atom. The van der Waals surface area contributed by atoms with Gasteiger partial charge in [-0.15, -0.1) is 0 Å². The summed E-state index contributed by atoms with van der Waals surface area (Å²) < 4.78 is 0. The van der Waals surface area contributed by atoms with Crippen LogP contribution in [-0.2, 0) is 12.8 Å². The molecule has 0 aliphatic rings. The number of phenolic OH excluding ortho intramolecular Hbond substituents is 1. The van der Waals surface area contributed by atoms with Crippen molar-refractivity contribution in [2.75, 3.05) is 0 Å². The van der Waals surface area contributed by atoms with Gasteiger partial charge in [-0.3, -0.25) is 0 Å². The number of rotatable bonds is 5. The molecular weight excluding hydrogens is 292 g/mol. The fourth-order valence-electron chi connectivity index (χ4n) is 3.36. The Balaban J connectivity index is 2.01. The van der Waals surface area contributed by atoms with E-state index in [1.807, 2.05) is 24.3 Å². The van der Waals surface area contributed by atoms with Gasteiger partial charge >= 0.3 is 0 Å². The van der Waals surface area contributed by atoms with Crippen LogP contribution in [0.3, 0.4) is 0 Å². The van der Waals surface area contributed by atoms with Crippen molar-refractivity contribution in [2.24, 2.45) is 0 Å². The highest BCUT2D eigenvalue weighted by Gasteiger charge is 2.17. The molecule has 0 radical (unpaired) electrons. The molecule has 0 saturated heterocycles. The monoisotopic (exact) mass is 316 g/mol. The van der Waals surface area contributed by atoms with Crippen LogP contribution in [0.25, 0.3) is 11.1 Å². The molecule has 0 spiro atoms. The Bertz CT molecular complexity index is 789. The van der Waals surface area contributed by atoms with Gasteiger partial charge in [0.1, 0.15) is 5.75 Å². The summed E-state index contributed by atoms with van der Waals surface area (Å²) in [6, 6.07) is 24.7. The maximum absolute atomic E-state index is 10.5. The first-order chi connectivity index (χ1) is 11.7. The fourth-order valence-corrected chi connectivity index (χ4v) is 3.36. The smallest absolute Gasteiger partial charge is 0.123 e. The fraction of sp³-hybridized carbons (Fsp3) is 0.217. The van der Waals surface area contributed by atoms with Crippen molar-refractivity contribution in [3.63, 3.8) is 0 Å². The summed E-state index contributed by atoms with van der Waals surface area (Å²) in [6.45, 7) is 4.40. The summed E-state index contributed by atoms with van der Waals surface area (Å²) in [4.78, 5) is 0. The summed E-state index contributed by atoms with van der Waals surface area (Å²) in [7, 11) is 0. The van der Waals surface area contributed by atoms with Gasteiger partial charge in [-0.1, -0.05) is 80.6 Å². The summed E-state index contributed by atoms with van der Waals surface area (Å²) in [6.07, 6.45) is 2.00. The van der Waals surface area contributed by atoms with Gasteiger partial charge in [0.05, 0.1) is 0 Å². The van der Waals surface area contributed by atoms with Gasteiger partial charge in [0.25, 0.3) is 0 Å². The van der Waals surface area contributed by atoms with Crippen molar-refractivity contribution in [2.45, 2.75) is 32.6 Å². The highest BCUT2D eigenvalue weighted by molar-refractivity contribution is 5.75. The lowest BCUT2D eigenvalue weighted by Gasteiger charge is -2.20. The van der Waals surface area contributed by atoms with Crippen LogP contribution in [0.15, 0.2) is 72.8 Å². The molecule has 0 aliphatic heterocycles. The predicted octanol–water partition coefficient (Wildman–Crippen LogP) is 5.97. The molecule has 1 N–H and O–H groups in total. The van der Waals surface area contributed by atoms with E-state index in [1.165, 1.54) is 16.7 Å². The Labute approximate surface area is 144 Å². The first kappa shape index (κ1) is 16.3. The van der Waals surface area contributed by atoms with Crippen LogP contribution >= 0.6 is 0 Å². The minimum atomic E-state index is 0.359. The molecule has 122 valence electrons. The number of aromatic hydroxyl groups is 1. The van der Waals surface area contributed by atoms with E-state index in [-0.39, 0.29) is 0 Å². The van der Waals surface area contributed by atoms with Gasteiger partial charge in [-0.05, 0) is 47.1 Å². The molecule has 24 heavy (non-hydrogen) atoms. The molecular formula is C23H24O. The van der Waals surface area contributed by atoms with Crippen LogP contribution < -0.4 is 0 Å². The summed E-state index contributed by atoms with van der Waals surface area (Å²) >= 11 is 0. The number of phenols is 1. The molecule has 3 rings (SSSR count). The minimum absolute atomic E-state index is 0.359. The lowest BCUT2D eigenvalue weighted by atomic mass is 9.86. The SMILES string of the molecule is CC(C)c1c(CCc2ccccc2)ccc(O)c1-c1ccccc1. The predicted molar refractivity (Wildman–Crippen MR) is 101 cm³/mol. The summed E-state index contributed by atoms with van der Waals surface area (Å²) in [5.41, 5.74) is 6.00. The van der Waals surface area contributed by atoms with Gasteiger partial charge in [0, 0.05) is 5.56 Å². The molecule has 0 aromatic heterocycles. The highest BCUT2D eigenvalue weighted by Crippen LogP contribution is 2.39. The van der Waals surface area contributed by atoms with E-state index >= 15 is 0 Å². The van der Waals surface area contributed by atoms with Gasteiger partial charge in [0.2, 0.25) is 0 Å². The first-order valence-corrected chi connectivity index (χ1v) is 8.61. The first-order valence-electron chi connectivity index (χ1n) is 8.61. The summed E-state index contributed by atoms with van der Waals surface area (Å²) in [5.74, 6) is 0.728. The highest BCUT2D eigenvalue weighted by atomic mass is 16.3. The Kier molecular flexibility index (Phi) is 5.00. The molecule has 0 unspecified atom stereocenters. The Morgan fingerprint density at radius 2 is 1.38 bits per heavy atom. The van der Waals surface area contributed by atoms with Crippen LogP contribution in [0.2, 0.25) is 0 Å². The minimum Gasteiger partial charge on any atom is -0.507 e. The van der Waals surface area contributed by atoms with Crippen LogP contribution in [0.5, 0.6) is 5.75 Å². The number of aryl methyl sites for hydroxylation is 2. The molecule has 0 atom stereocenters. The summed E-state index contributed by atoms with van der Waals surface area (Å²) in [5, 5.41) is 10.5. The van der Waals surface area contributed by atoms with Crippen molar-refractivity contribution in [1.29, 1.82) is 0 Å². The molecule has 3 aromatic carbocycles. The standard InChI is InChI=1S/C23H24O/c1-17(2)22-20(14-13-18-9-5-3-6-10-18)15-16-21(24)23(22)19-11-7-4-8-12-19/h3-12,15-17,24H,13-14H2,1-2H3. The third-order valence-electron chi connectivity index (χ3n) is 4.48. The quantitative estimate of drug-likeness (QED) is 0.615. The number of hydrogen-bond donors (Lipinski definition) is 1. The van der Waals surface area contributed by atoms with E-state index in [0.717, 1.165) is 24.0 Å². The van der Waals surface area contributed by atoms with Crippen molar-refractivity contribution < 1.29 is 5.11 Å². The van der Waals surface area contributed by atoms with Gasteiger partial charge in [-0.2, -0.15) is 0 Å². The third kappa shape index (κ3) is 3.51. The van der Waals surface area contributed by atoms with Crippen LogP contribution in [-0.4, -0.2) is 5.11 Å². The maximum Gasteiger partial charge on any atom is 0.123 e. The second-order valence-corrected chi connectivity index (χ2v) is 6.54. The number of hydrogen-bond acceptors (Lipinski definition) is 1. The molecule has 0 bridgehead atoms. The van der Waals surface area contributed by atoms with E-state index in [1.54, 1.807) is 0 Å². The third-order valence-corrected chi connectivity index (χ3v) is 4.48. The Morgan fingerprint density at radius 1 is 0.750 bits per heavy atom. The van der Waals surface area contributed by atoms with Gasteiger partial charge < -0.3 is 5.11 Å². The second-order valence-electron chi connectivity index (χ2n) is 6.54. The average Bonchev–Trinajstić information content (AvgIpc) is 2.62. The van der Waals surface area contributed by atoms with E-state index in [0.29, 0.717) is 11.7 Å². The zero-order valence-electron chi connectivity index (χ0n) is 14.4. The van der Waals surface area contributed by atoms with Gasteiger partial charge in [0.15, 0.2) is 0 Å². The molecule has 0 fully saturated rings.